The Bertz CT molecular complexity index is 346. The second-order valence-electron chi connectivity index (χ2n) is 5.40. The van der Waals surface area contributed by atoms with Crippen LogP contribution in [0.1, 0.15) is 32.6 Å². The summed E-state index contributed by atoms with van der Waals surface area (Å²) in [7, 11) is 0. The number of hydrogen-bond donors (Lipinski definition) is 1. The van der Waals surface area contributed by atoms with Crippen molar-refractivity contribution in [3.05, 3.63) is 0 Å². The molecule has 0 aromatic rings. The van der Waals surface area contributed by atoms with E-state index in [0.717, 1.165) is 52.0 Å². The summed E-state index contributed by atoms with van der Waals surface area (Å²) in [5, 5.41) is 12.2. The molecule has 5 heteroatoms. The smallest absolute Gasteiger partial charge is 0.240 e. The Balaban J connectivity index is 2.00. The van der Waals surface area contributed by atoms with Crippen molar-refractivity contribution in [1.29, 1.82) is 5.26 Å². The van der Waals surface area contributed by atoms with Gasteiger partial charge in [0.2, 0.25) is 5.91 Å². The number of nitrogens with one attached hydrogen (secondary N) is 1. The van der Waals surface area contributed by atoms with E-state index in [1.165, 1.54) is 0 Å². The summed E-state index contributed by atoms with van der Waals surface area (Å²) < 4.78 is 0. The highest BCUT2D eigenvalue weighted by Crippen LogP contribution is 2.24. The van der Waals surface area contributed by atoms with Gasteiger partial charge in [0, 0.05) is 32.2 Å². The standard InChI is InChI=1S/C14H24N4O/c1-2-12(5-6-15)18-9-3-4-13(18)14(19)17-10-7-16-8-11-17/h12-13,16H,2-5,7-11H2,1H3. The lowest BCUT2D eigenvalue weighted by Gasteiger charge is -2.35. The van der Waals surface area contributed by atoms with Gasteiger partial charge in [0.1, 0.15) is 0 Å². The van der Waals surface area contributed by atoms with Crippen LogP contribution in [0.25, 0.3) is 0 Å². The summed E-state index contributed by atoms with van der Waals surface area (Å²) in [6, 6.07) is 2.51. The number of piperazine rings is 1. The molecule has 2 rings (SSSR count). The Morgan fingerprint density at radius 3 is 2.79 bits per heavy atom. The number of rotatable bonds is 4. The molecule has 106 valence electrons. The second kappa shape index (κ2) is 6.88. The summed E-state index contributed by atoms with van der Waals surface area (Å²) in [5.74, 6) is 0.274. The number of amides is 1. The zero-order chi connectivity index (χ0) is 13.7. The van der Waals surface area contributed by atoms with Crippen LogP contribution in [0.15, 0.2) is 0 Å². The lowest BCUT2D eigenvalue weighted by atomic mass is 10.1. The van der Waals surface area contributed by atoms with Crippen LogP contribution in [-0.4, -0.2) is 60.5 Å². The van der Waals surface area contributed by atoms with E-state index in [4.69, 9.17) is 5.26 Å². The van der Waals surface area contributed by atoms with E-state index in [1.54, 1.807) is 0 Å². The molecule has 2 fully saturated rings. The molecule has 0 spiro atoms. The molecule has 2 unspecified atom stereocenters. The monoisotopic (exact) mass is 264 g/mol. The van der Waals surface area contributed by atoms with Gasteiger partial charge in [-0.05, 0) is 25.8 Å². The summed E-state index contributed by atoms with van der Waals surface area (Å²) in [6.45, 7) is 6.49. The molecule has 0 radical (unpaired) electrons. The summed E-state index contributed by atoms with van der Waals surface area (Å²) in [6.07, 6.45) is 3.50. The van der Waals surface area contributed by atoms with Crippen LogP contribution in [0.5, 0.6) is 0 Å². The molecule has 2 aliphatic rings. The average Bonchev–Trinajstić information content (AvgIpc) is 2.94. The normalized spacial score (nSPS) is 26.1. The number of nitriles is 1. The lowest BCUT2D eigenvalue weighted by molar-refractivity contribution is -0.137. The molecular formula is C14H24N4O. The SMILES string of the molecule is CCC(CC#N)N1CCCC1C(=O)N1CCNCC1. The molecule has 0 aromatic heterocycles. The first-order chi connectivity index (χ1) is 9.27. The number of likely N-dealkylation sites (tertiary alicyclic amines) is 1. The van der Waals surface area contributed by atoms with E-state index in [1.807, 2.05) is 4.90 Å². The van der Waals surface area contributed by atoms with Crippen molar-refractivity contribution in [2.45, 2.75) is 44.7 Å². The van der Waals surface area contributed by atoms with Crippen LogP contribution in [0.4, 0.5) is 0 Å². The van der Waals surface area contributed by atoms with Gasteiger partial charge in [0.15, 0.2) is 0 Å². The minimum absolute atomic E-state index is 0.0106. The fourth-order valence-electron chi connectivity index (χ4n) is 3.19. The Kier molecular flexibility index (Phi) is 5.17. The van der Waals surface area contributed by atoms with Crippen molar-refractivity contribution in [3.63, 3.8) is 0 Å². The highest BCUT2D eigenvalue weighted by Gasteiger charge is 2.36. The zero-order valence-electron chi connectivity index (χ0n) is 11.8. The number of carbonyl (C=O) groups excluding carboxylic acids is 1. The van der Waals surface area contributed by atoms with E-state index >= 15 is 0 Å². The summed E-state index contributed by atoms with van der Waals surface area (Å²) in [5.41, 5.74) is 0. The number of nitrogens with zero attached hydrogens (tertiary/aromatic N) is 3. The molecule has 5 nitrogen and oxygen atoms in total. The van der Waals surface area contributed by atoms with E-state index in [9.17, 15) is 4.79 Å². The molecule has 2 heterocycles. The van der Waals surface area contributed by atoms with Crippen molar-refractivity contribution in [2.75, 3.05) is 32.7 Å². The van der Waals surface area contributed by atoms with E-state index in [2.05, 4.69) is 23.2 Å². The molecule has 1 amide bonds. The van der Waals surface area contributed by atoms with Gasteiger partial charge in [0.25, 0.3) is 0 Å². The Morgan fingerprint density at radius 1 is 1.42 bits per heavy atom. The third-order valence-electron chi connectivity index (χ3n) is 4.28. The zero-order valence-corrected chi connectivity index (χ0v) is 11.8. The molecule has 2 saturated heterocycles. The maximum Gasteiger partial charge on any atom is 0.240 e. The van der Waals surface area contributed by atoms with Gasteiger partial charge in [-0.25, -0.2) is 0 Å². The lowest BCUT2D eigenvalue weighted by Crippen LogP contribution is -2.54. The Hall–Kier alpha value is -1.12. The van der Waals surface area contributed by atoms with Crippen LogP contribution in [0.3, 0.4) is 0 Å². The van der Waals surface area contributed by atoms with Gasteiger partial charge in [-0.15, -0.1) is 0 Å². The maximum atomic E-state index is 12.6. The van der Waals surface area contributed by atoms with Gasteiger partial charge in [-0.2, -0.15) is 5.26 Å². The molecule has 2 aliphatic heterocycles. The van der Waals surface area contributed by atoms with Crippen molar-refractivity contribution in [1.82, 2.24) is 15.1 Å². The Labute approximate surface area is 115 Å². The quantitative estimate of drug-likeness (QED) is 0.807. The van der Waals surface area contributed by atoms with Crippen LogP contribution in [0.2, 0.25) is 0 Å². The van der Waals surface area contributed by atoms with E-state index < -0.39 is 0 Å². The van der Waals surface area contributed by atoms with Crippen molar-refractivity contribution in [2.24, 2.45) is 0 Å². The van der Waals surface area contributed by atoms with E-state index in [0.29, 0.717) is 6.42 Å². The average molecular weight is 264 g/mol. The van der Waals surface area contributed by atoms with Crippen molar-refractivity contribution >= 4 is 5.91 Å². The minimum atomic E-state index is 0.0106. The fraction of sp³-hybridized carbons (Fsp3) is 0.857. The minimum Gasteiger partial charge on any atom is -0.339 e. The highest BCUT2D eigenvalue weighted by molar-refractivity contribution is 5.82. The Morgan fingerprint density at radius 2 is 2.16 bits per heavy atom. The summed E-state index contributed by atoms with van der Waals surface area (Å²) in [4.78, 5) is 16.9. The molecule has 0 aromatic carbocycles. The number of carbonyl (C=O) groups is 1. The highest BCUT2D eigenvalue weighted by atomic mass is 16.2. The fourth-order valence-corrected chi connectivity index (χ4v) is 3.19. The maximum absolute atomic E-state index is 12.6. The van der Waals surface area contributed by atoms with Gasteiger partial charge in [0.05, 0.1) is 18.5 Å². The molecule has 2 atom stereocenters. The molecule has 1 N–H and O–H groups in total. The largest absolute Gasteiger partial charge is 0.339 e. The third kappa shape index (κ3) is 3.26. The van der Waals surface area contributed by atoms with Crippen LogP contribution in [-0.2, 0) is 4.79 Å². The molecule has 19 heavy (non-hydrogen) atoms. The second-order valence-corrected chi connectivity index (χ2v) is 5.40. The van der Waals surface area contributed by atoms with Gasteiger partial charge in [-0.1, -0.05) is 6.92 Å². The van der Waals surface area contributed by atoms with Gasteiger partial charge in [-0.3, -0.25) is 9.69 Å². The van der Waals surface area contributed by atoms with Crippen LogP contribution in [0, 0.1) is 11.3 Å². The predicted molar refractivity (Wildman–Crippen MR) is 73.5 cm³/mol. The number of hydrogen-bond acceptors (Lipinski definition) is 4. The predicted octanol–water partition coefficient (Wildman–Crippen LogP) is 0.575. The van der Waals surface area contributed by atoms with Gasteiger partial charge < -0.3 is 10.2 Å². The van der Waals surface area contributed by atoms with Crippen LogP contribution < -0.4 is 5.32 Å². The molecule has 0 bridgehead atoms. The first kappa shape index (κ1) is 14.3. The first-order valence-electron chi connectivity index (χ1n) is 7.40. The van der Waals surface area contributed by atoms with E-state index in [-0.39, 0.29) is 18.0 Å². The van der Waals surface area contributed by atoms with Gasteiger partial charge >= 0.3 is 0 Å². The van der Waals surface area contributed by atoms with Crippen molar-refractivity contribution in [3.8, 4) is 6.07 Å². The molecule has 0 aliphatic carbocycles. The molecule has 0 saturated carbocycles. The molecular weight excluding hydrogens is 240 g/mol. The third-order valence-corrected chi connectivity index (χ3v) is 4.28. The van der Waals surface area contributed by atoms with Crippen LogP contribution >= 0.6 is 0 Å². The van der Waals surface area contributed by atoms with Crippen molar-refractivity contribution < 1.29 is 4.79 Å². The first-order valence-corrected chi connectivity index (χ1v) is 7.40. The topological polar surface area (TPSA) is 59.4 Å². The summed E-state index contributed by atoms with van der Waals surface area (Å²) >= 11 is 0.